The van der Waals surface area contributed by atoms with E-state index in [-0.39, 0.29) is 12.5 Å². The molecule has 3 aromatic rings. The van der Waals surface area contributed by atoms with Gasteiger partial charge in [-0.3, -0.25) is 4.79 Å². The molecule has 1 aliphatic rings. The van der Waals surface area contributed by atoms with E-state index in [1.165, 1.54) is 11.3 Å². The van der Waals surface area contributed by atoms with Crippen molar-refractivity contribution in [2.24, 2.45) is 5.73 Å². The summed E-state index contributed by atoms with van der Waals surface area (Å²) in [5, 5.41) is 4.23. The molecule has 0 atom stereocenters. The first-order valence-corrected chi connectivity index (χ1v) is 10.4. The third-order valence-electron chi connectivity index (χ3n) is 5.67. The second kappa shape index (κ2) is 9.09. The summed E-state index contributed by atoms with van der Waals surface area (Å²) in [5.74, 6) is 0.730. The fraction of sp³-hybridized carbons (Fsp3) is 0.348. The van der Waals surface area contributed by atoms with Gasteiger partial charge in [0.25, 0.3) is 5.91 Å². The Morgan fingerprint density at radius 1 is 1.13 bits per heavy atom. The quantitative estimate of drug-likeness (QED) is 0.560. The van der Waals surface area contributed by atoms with Gasteiger partial charge in [0.1, 0.15) is 5.75 Å². The number of aromatic amines is 1. The predicted molar refractivity (Wildman–Crippen MR) is 121 cm³/mol. The molecule has 0 unspecified atom stereocenters. The van der Waals surface area contributed by atoms with Gasteiger partial charge in [-0.25, -0.2) is 0 Å². The van der Waals surface area contributed by atoms with E-state index in [0.29, 0.717) is 25.4 Å². The monoisotopic (exact) mass is 407 g/mol. The number of ether oxygens (including phenoxy) is 1. The largest absolute Gasteiger partial charge is 0.484 e. The van der Waals surface area contributed by atoms with Gasteiger partial charge in [-0.05, 0) is 61.0 Å². The number of hydrogen-bond donors (Lipinski definition) is 3. The first kappa shape index (κ1) is 20.1. The van der Waals surface area contributed by atoms with Gasteiger partial charge in [-0.2, -0.15) is 0 Å². The zero-order valence-electron chi connectivity index (χ0n) is 17.4. The van der Waals surface area contributed by atoms with Crippen molar-refractivity contribution >= 4 is 28.2 Å². The van der Waals surface area contributed by atoms with Crippen LogP contribution in [0.4, 0.5) is 11.4 Å². The van der Waals surface area contributed by atoms with Crippen molar-refractivity contribution in [3.8, 4) is 5.75 Å². The molecule has 1 saturated heterocycles. The van der Waals surface area contributed by atoms with Gasteiger partial charge in [0.05, 0.1) is 0 Å². The van der Waals surface area contributed by atoms with Crippen LogP contribution in [0, 0.1) is 0 Å². The number of anilines is 2. The van der Waals surface area contributed by atoms with Crippen molar-refractivity contribution in [3.05, 3.63) is 54.2 Å². The lowest BCUT2D eigenvalue weighted by molar-refractivity contribution is -0.133. The number of nitrogens with two attached hydrogens (primary N) is 1. The van der Waals surface area contributed by atoms with Crippen LogP contribution in [0.15, 0.2) is 48.7 Å². The number of amides is 1. The molecule has 4 N–H and O–H groups in total. The van der Waals surface area contributed by atoms with Crippen LogP contribution >= 0.6 is 0 Å². The van der Waals surface area contributed by atoms with E-state index in [2.05, 4.69) is 39.5 Å². The zero-order chi connectivity index (χ0) is 20.9. The minimum atomic E-state index is 0.0246. The molecule has 1 amide bonds. The minimum Gasteiger partial charge on any atom is -0.484 e. The van der Waals surface area contributed by atoms with Crippen LogP contribution in [-0.4, -0.2) is 62.2 Å². The molecule has 2 heterocycles. The number of carbonyl (C=O) groups is 1. The number of piperazine rings is 1. The van der Waals surface area contributed by atoms with Gasteiger partial charge in [0, 0.05) is 61.7 Å². The summed E-state index contributed by atoms with van der Waals surface area (Å²) in [4.78, 5) is 20.1. The van der Waals surface area contributed by atoms with Crippen molar-refractivity contribution in [1.29, 1.82) is 0 Å². The first-order chi connectivity index (χ1) is 14.7. The molecule has 1 aliphatic heterocycles. The van der Waals surface area contributed by atoms with Crippen molar-refractivity contribution in [2.45, 2.75) is 6.42 Å². The van der Waals surface area contributed by atoms with Crippen LogP contribution in [0.3, 0.4) is 0 Å². The van der Waals surface area contributed by atoms with E-state index < -0.39 is 0 Å². The average Bonchev–Trinajstić information content (AvgIpc) is 3.20. The fourth-order valence-corrected chi connectivity index (χ4v) is 3.90. The summed E-state index contributed by atoms with van der Waals surface area (Å²) < 4.78 is 5.81. The van der Waals surface area contributed by atoms with Crippen LogP contribution in [0.25, 0.3) is 10.9 Å². The molecule has 4 rings (SSSR count). The van der Waals surface area contributed by atoms with Gasteiger partial charge in [0.15, 0.2) is 6.61 Å². The SMILES string of the molecule is CNc1ccc(N2CCN(C(=O)COc3ccc4[nH]cc(CCN)c4c3)CC2)cc1. The van der Waals surface area contributed by atoms with E-state index >= 15 is 0 Å². The normalized spacial score (nSPS) is 14.2. The highest BCUT2D eigenvalue weighted by Gasteiger charge is 2.21. The molecule has 0 aliphatic carbocycles. The molecule has 2 aromatic carbocycles. The summed E-state index contributed by atoms with van der Waals surface area (Å²) in [6, 6.07) is 14.2. The number of aromatic nitrogens is 1. The summed E-state index contributed by atoms with van der Waals surface area (Å²) in [6.45, 7) is 3.70. The lowest BCUT2D eigenvalue weighted by Gasteiger charge is -2.36. The maximum absolute atomic E-state index is 12.6. The van der Waals surface area contributed by atoms with Crippen LogP contribution < -0.4 is 20.7 Å². The van der Waals surface area contributed by atoms with E-state index in [1.807, 2.05) is 36.3 Å². The second-order valence-electron chi connectivity index (χ2n) is 7.51. The first-order valence-electron chi connectivity index (χ1n) is 10.4. The van der Waals surface area contributed by atoms with Gasteiger partial charge in [-0.15, -0.1) is 0 Å². The standard InChI is InChI=1S/C23H29N5O2/c1-25-18-2-4-19(5-3-18)27-10-12-28(13-11-27)23(29)16-30-20-6-7-22-21(14-20)17(8-9-24)15-26-22/h2-7,14-15,25-26H,8-13,16,24H2,1H3. The Hall–Kier alpha value is -3.19. The lowest BCUT2D eigenvalue weighted by atomic mass is 10.1. The number of rotatable bonds is 7. The molecule has 1 aromatic heterocycles. The summed E-state index contributed by atoms with van der Waals surface area (Å²) >= 11 is 0. The van der Waals surface area contributed by atoms with Crippen LogP contribution in [-0.2, 0) is 11.2 Å². The highest BCUT2D eigenvalue weighted by atomic mass is 16.5. The number of H-pyrrole nitrogens is 1. The van der Waals surface area contributed by atoms with Crippen molar-refractivity contribution in [2.75, 3.05) is 56.6 Å². The topological polar surface area (TPSA) is 86.6 Å². The maximum Gasteiger partial charge on any atom is 0.260 e. The Bertz CT molecular complexity index is 991. The van der Waals surface area contributed by atoms with E-state index in [1.54, 1.807) is 0 Å². The van der Waals surface area contributed by atoms with Gasteiger partial charge < -0.3 is 30.6 Å². The maximum atomic E-state index is 12.6. The Morgan fingerprint density at radius 3 is 2.60 bits per heavy atom. The molecule has 0 spiro atoms. The van der Waals surface area contributed by atoms with Gasteiger partial charge in [0.2, 0.25) is 0 Å². The summed E-state index contributed by atoms with van der Waals surface area (Å²) in [5.41, 5.74) is 10.2. The Labute approximate surface area is 176 Å². The number of nitrogens with one attached hydrogen (secondary N) is 2. The molecule has 7 nitrogen and oxygen atoms in total. The van der Waals surface area contributed by atoms with Crippen LogP contribution in [0.2, 0.25) is 0 Å². The summed E-state index contributed by atoms with van der Waals surface area (Å²) in [7, 11) is 1.91. The lowest BCUT2D eigenvalue weighted by Crippen LogP contribution is -2.50. The highest BCUT2D eigenvalue weighted by Crippen LogP contribution is 2.24. The minimum absolute atomic E-state index is 0.0246. The predicted octanol–water partition coefficient (Wildman–Crippen LogP) is 2.44. The Kier molecular flexibility index (Phi) is 6.09. The fourth-order valence-electron chi connectivity index (χ4n) is 3.90. The van der Waals surface area contributed by atoms with E-state index in [4.69, 9.17) is 10.5 Å². The number of benzene rings is 2. The van der Waals surface area contributed by atoms with Crippen molar-refractivity contribution in [1.82, 2.24) is 9.88 Å². The highest BCUT2D eigenvalue weighted by molar-refractivity contribution is 5.85. The van der Waals surface area contributed by atoms with E-state index in [0.717, 1.165) is 36.1 Å². The molecule has 0 radical (unpaired) electrons. The molecule has 158 valence electrons. The van der Waals surface area contributed by atoms with Crippen LogP contribution in [0.5, 0.6) is 5.75 Å². The molecule has 7 heteroatoms. The van der Waals surface area contributed by atoms with E-state index in [9.17, 15) is 4.79 Å². The summed E-state index contributed by atoms with van der Waals surface area (Å²) in [6.07, 6.45) is 2.79. The molecule has 0 bridgehead atoms. The molecular formula is C23H29N5O2. The number of carbonyl (C=O) groups excluding carboxylic acids is 1. The molecule has 0 saturated carbocycles. The average molecular weight is 408 g/mol. The second-order valence-corrected chi connectivity index (χ2v) is 7.51. The van der Waals surface area contributed by atoms with Gasteiger partial charge >= 0.3 is 0 Å². The number of hydrogen-bond acceptors (Lipinski definition) is 5. The number of nitrogens with zero attached hydrogens (tertiary/aromatic N) is 2. The molecule has 1 fully saturated rings. The Morgan fingerprint density at radius 2 is 1.90 bits per heavy atom. The number of fused-ring (bicyclic) bond motifs is 1. The molecular weight excluding hydrogens is 378 g/mol. The third-order valence-corrected chi connectivity index (χ3v) is 5.67. The molecule has 30 heavy (non-hydrogen) atoms. The van der Waals surface area contributed by atoms with Crippen LogP contribution in [0.1, 0.15) is 5.56 Å². The zero-order valence-corrected chi connectivity index (χ0v) is 17.4. The smallest absolute Gasteiger partial charge is 0.260 e. The Balaban J connectivity index is 1.30. The third kappa shape index (κ3) is 4.36. The van der Waals surface area contributed by atoms with Gasteiger partial charge in [-0.1, -0.05) is 0 Å². The van der Waals surface area contributed by atoms with Crippen molar-refractivity contribution in [3.63, 3.8) is 0 Å². The van der Waals surface area contributed by atoms with Crippen molar-refractivity contribution < 1.29 is 9.53 Å².